The van der Waals surface area contributed by atoms with E-state index < -0.39 is 5.97 Å². The second-order valence-electron chi connectivity index (χ2n) is 3.19. The normalized spacial score (nSPS) is 25.6. The molecule has 0 aliphatic heterocycles. The minimum absolute atomic E-state index is 0.130. The lowest BCUT2D eigenvalue weighted by Gasteiger charge is -1.96. The van der Waals surface area contributed by atoms with E-state index in [0.717, 1.165) is 16.6 Å². The molecule has 1 N–H and O–H groups in total. The van der Waals surface area contributed by atoms with Gasteiger partial charge in [0.2, 0.25) is 0 Å². The SMILES string of the molecule is O=C(O)[C@@H]1C[C@H]1c1ccc(Br)cn1. The van der Waals surface area contributed by atoms with Gasteiger partial charge >= 0.3 is 5.97 Å². The number of aliphatic carboxylic acids is 1. The first-order valence-corrected chi connectivity index (χ1v) is 4.82. The average Bonchev–Trinajstić information content (AvgIpc) is 2.85. The lowest BCUT2D eigenvalue weighted by Crippen LogP contribution is -1.99. The molecule has 1 heterocycles. The van der Waals surface area contributed by atoms with Gasteiger partial charge in [-0.15, -0.1) is 0 Å². The summed E-state index contributed by atoms with van der Waals surface area (Å²) >= 11 is 3.28. The van der Waals surface area contributed by atoms with Crippen LogP contribution < -0.4 is 0 Å². The molecule has 2 atom stereocenters. The van der Waals surface area contributed by atoms with Crippen LogP contribution >= 0.6 is 15.9 Å². The van der Waals surface area contributed by atoms with Crippen molar-refractivity contribution in [2.75, 3.05) is 0 Å². The molecule has 1 aliphatic rings. The number of aromatic nitrogens is 1. The van der Waals surface area contributed by atoms with Crippen LogP contribution in [0.2, 0.25) is 0 Å². The highest BCUT2D eigenvalue weighted by atomic mass is 79.9. The molecule has 0 saturated heterocycles. The Bertz CT molecular complexity index is 336. The zero-order valence-corrected chi connectivity index (χ0v) is 8.36. The number of hydrogen-bond donors (Lipinski definition) is 1. The molecule has 0 radical (unpaired) electrons. The molecule has 0 aromatic carbocycles. The van der Waals surface area contributed by atoms with E-state index in [1.165, 1.54) is 0 Å². The zero-order valence-electron chi connectivity index (χ0n) is 6.77. The third-order valence-electron chi connectivity index (χ3n) is 2.24. The van der Waals surface area contributed by atoms with Crippen molar-refractivity contribution in [2.24, 2.45) is 5.92 Å². The molecule has 4 heteroatoms. The van der Waals surface area contributed by atoms with E-state index in [2.05, 4.69) is 20.9 Å². The van der Waals surface area contributed by atoms with Crippen LogP contribution in [0.4, 0.5) is 0 Å². The number of halogens is 1. The van der Waals surface area contributed by atoms with Gasteiger partial charge in [-0.1, -0.05) is 0 Å². The van der Waals surface area contributed by atoms with Crippen LogP contribution in [0.1, 0.15) is 18.0 Å². The fourth-order valence-corrected chi connectivity index (χ4v) is 1.64. The lowest BCUT2D eigenvalue weighted by molar-refractivity contribution is -0.138. The number of carboxylic acids is 1. The van der Waals surface area contributed by atoms with Crippen molar-refractivity contribution in [2.45, 2.75) is 12.3 Å². The van der Waals surface area contributed by atoms with Crippen LogP contribution in [0.25, 0.3) is 0 Å². The van der Waals surface area contributed by atoms with Crippen molar-refractivity contribution in [3.63, 3.8) is 0 Å². The summed E-state index contributed by atoms with van der Waals surface area (Å²) in [5.41, 5.74) is 0.885. The van der Waals surface area contributed by atoms with Crippen LogP contribution in [0, 0.1) is 5.92 Å². The van der Waals surface area contributed by atoms with Crippen molar-refractivity contribution < 1.29 is 9.90 Å². The van der Waals surface area contributed by atoms with E-state index in [0.29, 0.717) is 0 Å². The summed E-state index contributed by atoms with van der Waals surface area (Å²) in [4.78, 5) is 14.7. The molecule has 1 aromatic heterocycles. The average molecular weight is 242 g/mol. The predicted octanol–water partition coefficient (Wildman–Crippen LogP) is 2.03. The standard InChI is InChI=1S/C9H8BrNO2/c10-5-1-2-8(11-4-5)6-3-7(6)9(12)13/h1-2,4,6-7H,3H2,(H,12,13)/t6-,7-/m1/s1. The van der Waals surface area contributed by atoms with E-state index in [-0.39, 0.29) is 11.8 Å². The quantitative estimate of drug-likeness (QED) is 0.863. The summed E-state index contributed by atoms with van der Waals surface area (Å²) in [5.74, 6) is -0.797. The molecule has 0 spiro atoms. The molecule has 1 aliphatic carbocycles. The molecule has 3 nitrogen and oxygen atoms in total. The molecular weight excluding hydrogens is 234 g/mol. The molecule has 13 heavy (non-hydrogen) atoms. The Morgan fingerprint density at radius 3 is 2.85 bits per heavy atom. The minimum atomic E-state index is -0.713. The second-order valence-corrected chi connectivity index (χ2v) is 4.10. The van der Waals surface area contributed by atoms with Crippen LogP contribution in [-0.2, 0) is 4.79 Å². The van der Waals surface area contributed by atoms with E-state index in [1.54, 1.807) is 6.20 Å². The van der Waals surface area contributed by atoms with Gasteiger partial charge in [-0.25, -0.2) is 0 Å². The first-order chi connectivity index (χ1) is 6.18. The molecule has 1 aromatic rings. The molecule has 0 bridgehead atoms. The number of hydrogen-bond acceptors (Lipinski definition) is 2. The fourth-order valence-electron chi connectivity index (χ4n) is 1.40. The van der Waals surface area contributed by atoms with Gasteiger partial charge in [0.1, 0.15) is 0 Å². The van der Waals surface area contributed by atoms with Crippen LogP contribution in [0.5, 0.6) is 0 Å². The Labute approximate surface area is 83.9 Å². The van der Waals surface area contributed by atoms with E-state index in [9.17, 15) is 4.79 Å². The van der Waals surface area contributed by atoms with Gasteiger partial charge in [0.05, 0.1) is 5.92 Å². The largest absolute Gasteiger partial charge is 0.481 e. The van der Waals surface area contributed by atoms with E-state index >= 15 is 0 Å². The smallest absolute Gasteiger partial charge is 0.307 e. The summed E-state index contributed by atoms with van der Waals surface area (Å²) in [5, 5.41) is 8.70. The van der Waals surface area contributed by atoms with Gasteiger partial charge in [0.15, 0.2) is 0 Å². The highest BCUT2D eigenvalue weighted by Gasteiger charge is 2.44. The molecule has 68 valence electrons. The highest BCUT2D eigenvalue weighted by Crippen LogP contribution is 2.46. The summed E-state index contributed by atoms with van der Waals surface area (Å²) in [6.07, 6.45) is 2.43. The monoisotopic (exact) mass is 241 g/mol. The Morgan fingerprint density at radius 2 is 2.38 bits per heavy atom. The van der Waals surface area contributed by atoms with Gasteiger partial charge < -0.3 is 5.11 Å². The number of carboxylic acid groups (broad SMARTS) is 1. The maximum Gasteiger partial charge on any atom is 0.307 e. The minimum Gasteiger partial charge on any atom is -0.481 e. The van der Waals surface area contributed by atoms with Gasteiger partial charge in [-0.2, -0.15) is 0 Å². The first-order valence-electron chi connectivity index (χ1n) is 4.03. The van der Waals surface area contributed by atoms with E-state index in [4.69, 9.17) is 5.11 Å². The molecule has 0 amide bonds. The van der Waals surface area contributed by atoms with Crippen molar-refractivity contribution >= 4 is 21.9 Å². The molecular formula is C9H8BrNO2. The topological polar surface area (TPSA) is 50.2 Å². The summed E-state index contributed by atoms with van der Waals surface area (Å²) in [6, 6.07) is 3.76. The second kappa shape index (κ2) is 3.10. The number of carbonyl (C=O) groups is 1. The van der Waals surface area contributed by atoms with Gasteiger partial charge in [-0.05, 0) is 34.5 Å². The Kier molecular flexibility index (Phi) is 2.07. The zero-order chi connectivity index (χ0) is 9.42. The Balaban J connectivity index is 2.12. The molecule has 2 rings (SSSR count). The number of pyridine rings is 1. The summed E-state index contributed by atoms with van der Waals surface area (Å²) in [7, 11) is 0. The molecule has 1 fully saturated rings. The van der Waals surface area contributed by atoms with Crippen molar-refractivity contribution in [1.82, 2.24) is 4.98 Å². The maximum absolute atomic E-state index is 10.6. The summed E-state index contributed by atoms with van der Waals surface area (Å²) < 4.78 is 0.920. The van der Waals surface area contributed by atoms with Crippen LogP contribution in [0.3, 0.4) is 0 Å². The molecule has 1 saturated carbocycles. The van der Waals surface area contributed by atoms with Crippen molar-refractivity contribution in [1.29, 1.82) is 0 Å². The van der Waals surface area contributed by atoms with E-state index in [1.807, 2.05) is 12.1 Å². The number of nitrogens with zero attached hydrogens (tertiary/aromatic N) is 1. The predicted molar refractivity (Wildman–Crippen MR) is 50.4 cm³/mol. The molecule has 0 unspecified atom stereocenters. The third kappa shape index (κ3) is 1.72. The number of rotatable bonds is 2. The van der Waals surface area contributed by atoms with Crippen molar-refractivity contribution in [3.05, 3.63) is 28.5 Å². The fraction of sp³-hybridized carbons (Fsp3) is 0.333. The highest BCUT2D eigenvalue weighted by molar-refractivity contribution is 9.10. The van der Waals surface area contributed by atoms with Gasteiger partial charge in [0, 0.05) is 22.3 Å². The van der Waals surface area contributed by atoms with Crippen LogP contribution in [0.15, 0.2) is 22.8 Å². The Morgan fingerprint density at radius 1 is 1.62 bits per heavy atom. The first kappa shape index (κ1) is 8.69. The lowest BCUT2D eigenvalue weighted by atomic mass is 10.2. The van der Waals surface area contributed by atoms with Gasteiger partial charge in [0.25, 0.3) is 0 Å². The third-order valence-corrected chi connectivity index (χ3v) is 2.71. The van der Waals surface area contributed by atoms with Crippen LogP contribution in [-0.4, -0.2) is 16.1 Å². The maximum atomic E-state index is 10.6. The Hall–Kier alpha value is -0.900. The van der Waals surface area contributed by atoms with Gasteiger partial charge in [-0.3, -0.25) is 9.78 Å². The summed E-state index contributed by atoms with van der Waals surface area (Å²) in [6.45, 7) is 0. The van der Waals surface area contributed by atoms with Crippen molar-refractivity contribution in [3.8, 4) is 0 Å².